The Morgan fingerprint density at radius 1 is 0.542 bits per heavy atom. The quantitative estimate of drug-likeness (QED) is 0.0871. The molecule has 0 aliphatic heterocycles. The Balaban J connectivity index is 0.00000451. The van der Waals surface area contributed by atoms with E-state index < -0.39 is 29.2 Å². The van der Waals surface area contributed by atoms with Gasteiger partial charge in [0, 0.05) is 53.6 Å². The minimum atomic E-state index is -1.05. The van der Waals surface area contributed by atoms with Gasteiger partial charge in [-0.05, 0) is 61.6 Å². The second-order valence-electron chi connectivity index (χ2n) is 11.4. The Hall–Kier alpha value is -4.95. The minimum absolute atomic E-state index is 0. The second kappa shape index (κ2) is 14.0. The summed E-state index contributed by atoms with van der Waals surface area (Å²) in [5.41, 5.74) is 3.14. The van der Waals surface area contributed by atoms with Crippen molar-refractivity contribution in [3.63, 3.8) is 0 Å². The van der Waals surface area contributed by atoms with Gasteiger partial charge in [0.1, 0.15) is 23.8 Å². The third-order valence-electron chi connectivity index (χ3n) is 7.97. The molecule has 0 aliphatic rings. The predicted octanol–water partition coefficient (Wildman–Crippen LogP) is 8.62. The van der Waals surface area contributed by atoms with Crippen LogP contribution in [0.5, 0.6) is 0 Å². The maximum atomic E-state index is 15.0. The molecule has 0 spiro atoms. The van der Waals surface area contributed by atoms with Crippen LogP contribution in [0, 0.1) is 35.9 Å². The van der Waals surface area contributed by atoms with E-state index in [1.54, 1.807) is 12.1 Å². The van der Waals surface area contributed by atoms with Crippen molar-refractivity contribution >= 4 is 22.7 Å². The summed E-state index contributed by atoms with van der Waals surface area (Å²) in [6.07, 6.45) is 0. The van der Waals surface area contributed by atoms with Gasteiger partial charge in [0.05, 0.1) is 0 Å². The summed E-state index contributed by atoms with van der Waals surface area (Å²) in [5, 5.41) is 0. The summed E-state index contributed by atoms with van der Waals surface area (Å²) in [6, 6.07) is 33.3. The SMILES string of the molecule is CN(c1ccccc1)c1cc(-c2[c-]cc(F)nc2F)nc(C(C)(C)c2cc(N(C)c3ccccc3)cc(-c3[c-]cc(F)nc3F)n2)c1.[Pt+2]. The monoisotopic (exact) mass is 827 g/mol. The van der Waals surface area contributed by atoms with Crippen molar-refractivity contribution in [2.24, 2.45) is 0 Å². The number of hydrogen-bond donors (Lipinski definition) is 0. The maximum absolute atomic E-state index is 15.0. The normalized spacial score (nSPS) is 11.2. The molecule has 0 saturated carbocycles. The van der Waals surface area contributed by atoms with Crippen LogP contribution < -0.4 is 9.80 Å². The van der Waals surface area contributed by atoms with Gasteiger partial charge >= 0.3 is 21.1 Å². The molecule has 11 heteroatoms. The van der Waals surface area contributed by atoms with Crippen LogP contribution in [-0.4, -0.2) is 34.0 Å². The van der Waals surface area contributed by atoms with Crippen molar-refractivity contribution in [1.82, 2.24) is 19.9 Å². The smallest absolute Gasteiger partial charge is 0.345 e. The molecule has 0 bridgehead atoms. The summed E-state index contributed by atoms with van der Waals surface area (Å²) in [5.74, 6) is -4.11. The van der Waals surface area contributed by atoms with Gasteiger partial charge in [-0.25, -0.2) is 17.6 Å². The van der Waals surface area contributed by atoms with Crippen LogP contribution in [0.25, 0.3) is 22.5 Å². The molecule has 0 aliphatic carbocycles. The van der Waals surface area contributed by atoms with Gasteiger partial charge in [0.25, 0.3) is 0 Å². The van der Waals surface area contributed by atoms with Gasteiger partial charge in [0.2, 0.25) is 0 Å². The third-order valence-corrected chi connectivity index (χ3v) is 7.97. The van der Waals surface area contributed by atoms with Gasteiger partial charge < -0.3 is 19.8 Å². The van der Waals surface area contributed by atoms with E-state index in [2.05, 4.69) is 22.1 Å². The fourth-order valence-corrected chi connectivity index (χ4v) is 5.15. The fraction of sp³-hybridized carbons (Fsp3) is 0.135. The number of benzene rings is 2. The van der Waals surface area contributed by atoms with Crippen molar-refractivity contribution < 1.29 is 38.6 Å². The third kappa shape index (κ3) is 6.99. The van der Waals surface area contributed by atoms with Crippen molar-refractivity contribution in [3.05, 3.63) is 144 Å². The molecular weight excluding hydrogens is 800 g/mol. The topological polar surface area (TPSA) is 58.0 Å². The predicted molar refractivity (Wildman–Crippen MR) is 174 cm³/mol. The van der Waals surface area contributed by atoms with Crippen molar-refractivity contribution in [3.8, 4) is 22.5 Å². The number of para-hydroxylation sites is 2. The van der Waals surface area contributed by atoms with Crippen molar-refractivity contribution in [2.75, 3.05) is 23.9 Å². The standard InChI is InChI=1S/C37H28F4N6.Pt/c1-37(2,31-21-25(46(3)23-11-7-5-8-12-23)19-29(42-31)27-15-17-33(38)44-35(27)40)32-22-26(47(4)24-13-9-6-10-14-24)20-30(43-32)28-16-18-34(39)45-36(28)41;/h5-14,17-22H,1-4H3;/q-2;+2. The van der Waals surface area contributed by atoms with E-state index in [-0.39, 0.29) is 43.6 Å². The first kappa shape index (κ1) is 34.4. The molecule has 0 saturated heterocycles. The Labute approximate surface area is 290 Å². The van der Waals surface area contributed by atoms with E-state index in [0.717, 1.165) is 23.5 Å². The average molecular weight is 828 g/mol. The first-order chi connectivity index (χ1) is 22.5. The van der Waals surface area contributed by atoms with Crippen molar-refractivity contribution in [1.29, 1.82) is 0 Å². The summed E-state index contributed by atoms with van der Waals surface area (Å²) in [7, 11) is 3.72. The summed E-state index contributed by atoms with van der Waals surface area (Å²) in [4.78, 5) is 20.2. The number of anilines is 4. The molecule has 0 fully saturated rings. The number of hydrogen-bond acceptors (Lipinski definition) is 6. The van der Waals surface area contributed by atoms with Crippen LogP contribution in [-0.2, 0) is 26.5 Å². The Bertz CT molecular complexity index is 1920. The van der Waals surface area contributed by atoms with E-state index in [0.29, 0.717) is 22.8 Å². The minimum Gasteiger partial charge on any atom is -0.345 e. The molecule has 2 aromatic carbocycles. The molecule has 0 radical (unpaired) electrons. The zero-order valence-electron chi connectivity index (χ0n) is 26.2. The molecule has 244 valence electrons. The summed E-state index contributed by atoms with van der Waals surface area (Å²) in [6.45, 7) is 3.77. The molecular formula is C37H28F4N6Pt. The average Bonchev–Trinajstić information content (AvgIpc) is 3.08. The van der Waals surface area contributed by atoms with E-state index >= 15 is 8.78 Å². The largest absolute Gasteiger partial charge is 2.00 e. The number of nitrogens with zero attached hydrogens (tertiary/aromatic N) is 6. The van der Waals surface area contributed by atoms with Gasteiger partial charge in [-0.3, -0.25) is 9.97 Å². The number of aromatic nitrogens is 4. The Morgan fingerprint density at radius 2 is 0.917 bits per heavy atom. The molecule has 0 N–H and O–H groups in total. The molecule has 0 unspecified atom stereocenters. The van der Waals surface area contributed by atoms with E-state index in [4.69, 9.17) is 9.97 Å². The van der Waals surface area contributed by atoms with Crippen LogP contribution in [0.4, 0.5) is 40.3 Å². The maximum Gasteiger partial charge on any atom is 2.00 e. The van der Waals surface area contributed by atoms with Crippen LogP contribution in [0.2, 0.25) is 0 Å². The molecule has 6 rings (SSSR count). The first-order valence-corrected chi connectivity index (χ1v) is 14.6. The van der Waals surface area contributed by atoms with E-state index in [1.165, 1.54) is 0 Å². The fourth-order valence-electron chi connectivity index (χ4n) is 5.15. The molecule has 0 atom stereocenters. The van der Waals surface area contributed by atoms with Crippen molar-refractivity contribution in [2.45, 2.75) is 19.3 Å². The van der Waals surface area contributed by atoms with Gasteiger partial charge in [-0.15, -0.1) is 12.1 Å². The first-order valence-electron chi connectivity index (χ1n) is 14.6. The second-order valence-corrected chi connectivity index (χ2v) is 11.4. The Morgan fingerprint density at radius 3 is 1.27 bits per heavy atom. The molecule has 6 nitrogen and oxygen atoms in total. The molecule has 48 heavy (non-hydrogen) atoms. The van der Waals surface area contributed by atoms with Gasteiger partial charge in [-0.2, -0.15) is 0 Å². The number of rotatable bonds is 8. The zero-order chi connectivity index (χ0) is 33.3. The van der Waals surface area contributed by atoms with Crippen LogP contribution in [0.15, 0.2) is 97.1 Å². The summed E-state index contributed by atoms with van der Waals surface area (Å²) < 4.78 is 57.6. The number of pyridine rings is 4. The zero-order valence-corrected chi connectivity index (χ0v) is 28.5. The molecule has 6 aromatic rings. The van der Waals surface area contributed by atoms with E-state index in [9.17, 15) is 8.78 Å². The van der Waals surface area contributed by atoms with E-state index in [1.807, 2.05) is 111 Å². The van der Waals surface area contributed by atoms with Gasteiger partial charge in [0.15, 0.2) is 0 Å². The summed E-state index contributed by atoms with van der Waals surface area (Å²) >= 11 is 0. The van der Waals surface area contributed by atoms with Crippen LogP contribution in [0.1, 0.15) is 25.2 Å². The number of halogens is 4. The molecule has 4 heterocycles. The van der Waals surface area contributed by atoms with Crippen LogP contribution in [0.3, 0.4) is 0 Å². The Kier molecular flexibility index (Phi) is 10.1. The van der Waals surface area contributed by atoms with Crippen LogP contribution >= 0.6 is 0 Å². The molecule has 4 aromatic heterocycles. The van der Waals surface area contributed by atoms with Gasteiger partial charge in [-0.1, -0.05) is 71.8 Å². The molecule has 0 amide bonds.